The molecular formula is C20H26N4O4. The van der Waals surface area contributed by atoms with Gasteiger partial charge in [0.15, 0.2) is 0 Å². The zero-order chi connectivity index (χ0) is 20.5. The average Bonchev–Trinajstić information content (AvgIpc) is 2.96. The van der Waals surface area contributed by atoms with Gasteiger partial charge in [-0.3, -0.25) is 9.59 Å². The standard InChI is InChI=1S/C20H26N4O4/c1-5-28-18-8-6-17(7-9-18)24-14(2)12-16(15(24)3)13-22-23-20(26)19(25)21-10-11-27-4/h6-9,12-13H,5,10-11H2,1-4H3,(H,21,25)(H,23,26)/b22-13-. The van der Waals surface area contributed by atoms with Crippen LogP contribution in [0.1, 0.15) is 23.9 Å². The summed E-state index contributed by atoms with van der Waals surface area (Å²) in [7, 11) is 1.51. The summed E-state index contributed by atoms with van der Waals surface area (Å²) >= 11 is 0. The van der Waals surface area contributed by atoms with Gasteiger partial charge in [-0.05, 0) is 51.1 Å². The summed E-state index contributed by atoms with van der Waals surface area (Å²) in [6, 6.07) is 9.78. The number of rotatable bonds is 8. The fourth-order valence-electron chi connectivity index (χ4n) is 2.73. The van der Waals surface area contributed by atoms with Crippen molar-refractivity contribution in [1.29, 1.82) is 0 Å². The number of hydrogen-bond acceptors (Lipinski definition) is 5. The van der Waals surface area contributed by atoms with E-state index in [0.29, 0.717) is 13.2 Å². The average molecular weight is 386 g/mol. The number of aryl methyl sites for hydroxylation is 1. The monoisotopic (exact) mass is 386 g/mol. The van der Waals surface area contributed by atoms with Gasteiger partial charge >= 0.3 is 11.8 Å². The minimum Gasteiger partial charge on any atom is -0.494 e. The number of carbonyl (C=O) groups is 2. The van der Waals surface area contributed by atoms with Gasteiger partial charge in [-0.2, -0.15) is 5.10 Å². The molecule has 2 aromatic rings. The SMILES string of the molecule is CCOc1ccc(-n2c(C)cc(/C=N\NC(=O)C(=O)NCCOC)c2C)cc1. The first-order valence-corrected chi connectivity index (χ1v) is 9.00. The third kappa shape index (κ3) is 5.43. The van der Waals surface area contributed by atoms with E-state index >= 15 is 0 Å². The molecule has 1 aromatic heterocycles. The fraction of sp³-hybridized carbons (Fsp3) is 0.350. The molecule has 0 fully saturated rings. The first kappa shape index (κ1) is 21.2. The summed E-state index contributed by atoms with van der Waals surface area (Å²) < 4.78 is 12.4. The maximum atomic E-state index is 11.7. The third-order valence-electron chi connectivity index (χ3n) is 4.04. The smallest absolute Gasteiger partial charge is 0.329 e. The maximum absolute atomic E-state index is 11.7. The normalized spacial score (nSPS) is 10.9. The molecule has 0 aliphatic rings. The van der Waals surface area contributed by atoms with E-state index in [9.17, 15) is 9.59 Å². The first-order chi connectivity index (χ1) is 13.5. The van der Waals surface area contributed by atoms with E-state index in [1.165, 1.54) is 13.3 Å². The highest BCUT2D eigenvalue weighted by atomic mass is 16.5. The Morgan fingerprint density at radius 1 is 1.18 bits per heavy atom. The van der Waals surface area contributed by atoms with Crippen LogP contribution in [0.2, 0.25) is 0 Å². The van der Waals surface area contributed by atoms with Crippen molar-refractivity contribution >= 4 is 18.0 Å². The van der Waals surface area contributed by atoms with Crippen molar-refractivity contribution in [1.82, 2.24) is 15.3 Å². The lowest BCUT2D eigenvalue weighted by molar-refractivity contribution is -0.139. The number of nitrogens with one attached hydrogen (secondary N) is 2. The van der Waals surface area contributed by atoms with E-state index in [1.54, 1.807) is 0 Å². The van der Waals surface area contributed by atoms with Crippen LogP contribution in [-0.4, -0.2) is 49.5 Å². The Hall–Kier alpha value is -3.13. The number of carbonyl (C=O) groups excluding carboxylic acids is 2. The van der Waals surface area contributed by atoms with Gasteiger partial charge in [0.05, 0.1) is 19.4 Å². The van der Waals surface area contributed by atoms with Crippen LogP contribution in [0, 0.1) is 13.8 Å². The topological polar surface area (TPSA) is 94.0 Å². The Morgan fingerprint density at radius 2 is 1.89 bits per heavy atom. The van der Waals surface area contributed by atoms with Gasteiger partial charge in [-0.1, -0.05) is 0 Å². The summed E-state index contributed by atoms with van der Waals surface area (Å²) in [5.41, 5.74) is 6.05. The maximum Gasteiger partial charge on any atom is 0.329 e. The number of aromatic nitrogens is 1. The van der Waals surface area contributed by atoms with Crippen molar-refractivity contribution in [3.8, 4) is 11.4 Å². The summed E-state index contributed by atoms with van der Waals surface area (Å²) in [5, 5.41) is 6.32. The molecule has 1 heterocycles. The van der Waals surface area contributed by atoms with Gasteiger partial charge in [0, 0.05) is 36.3 Å². The molecule has 28 heavy (non-hydrogen) atoms. The van der Waals surface area contributed by atoms with E-state index in [-0.39, 0.29) is 6.54 Å². The van der Waals surface area contributed by atoms with Crippen LogP contribution in [0.15, 0.2) is 35.4 Å². The molecule has 8 nitrogen and oxygen atoms in total. The van der Waals surface area contributed by atoms with Crippen LogP contribution >= 0.6 is 0 Å². The van der Waals surface area contributed by atoms with Crippen molar-refractivity contribution in [2.45, 2.75) is 20.8 Å². The minimum atomic E-state index is -0.826. The molecule has 2 amide bonds. The second kappa shape index (κ2) is 10.3. The predicted octanol–water partition coefficient (Wildman–Crippen LogP) is 1.71. The van der Waals surface area contributed by atoms with Gasteiger partial charge in [0.25, 0.3) is 0 Å². The van der Waals surface area contributed by atoms with E-state index < -0.39 is 11.8 Å². The molecular weight excluding hydrogens is 360 g/mol. The van der Waals surface area contributed by atoms with Crippen molar-refractivity contribution in [2.75, 3.05) is 26.9 Å². The Bertz CT molecular complexity index is 841. The lowest BCUT2D eigenvalue weighted by Crippen LogP contribution is -2.39. The number of amides is 2. The molecule has 0 saturated carbocycles. The number of hydrogen-bond donors (Lipinski definition) is 2. The highest BCUT2D eigenvalue weighted by Gasteiger charge is 2.12. The van der Waals surface area contributed by atoms with Crippen LogP contribution in [-0.2, 0) is 14.3 Å². The van der Waals surface area contributed by atoms with Crippen molar-refractivity contribution in [3.05, 3.63) is 47.3 Å². The molecule has 0 saturated heterocycles. The number of nitrogens with zero attached hydrogens (tertiary/aromatic N) is 2. The van der Waals surface area contributed by atoms with E-state index in [4.69, 9.17) is 9.47 Å². The molecule has 0 aliphatic carbocycles. The zero-order valence-corrected chi connectivity index (χ0v) is 16.6. The van der Waals surface area contributed by atoms with Gasteiger partial charge < -0.3 is 19.4 Å². The van der Waals surface area contributed by atoms with Crippen LogP contribution in [0.4, 0.5) is 0 Å². The van der Waals surface area contributed by atoms with E-state index in [0.717, 1.165) is 28.4 Å². The number of ether oxygens (including phenoxy) is 2. The molecule has 2 N–H and O–H groups in total. The Labute approximate surface area is 164 Å². The van der Waals surface area contributed by atoms with Crippen LogP contribution in [0.5, 0.6) is 5.75 Å². The van der Waals surface area contributed by atoms with E-state index in [1.807, 2.05) is 51.1 Å². The first-order valence-electron chi connectivity index (χ1n) is 9.00. The molecule has 8 heteroatoms. The third-order valence-corrected chi connectivity index (χ3v) is 4.04. The molecule has 1 aromatic carbocycles. The minimum absolute atomic E-state index is 0.260. The summed E-state index contributed by atoms with van der Waals surface area (Å²) in [5.74, 6) is -0.760. The lowest BCUT2D eigenvalue weighted by Gasteiger charge is -2.10. The van der Waals surface area contributed by atoms with E-state index in [2.05, 4.69) is 20.4 Å². The van der Waals surface area contributed by atoms with Crippen LogP contribution in [0.25, 0.3) is 5.69 Å². The highest BCUT2D eigenvalue weighted by molar-refractivity contribution is 6.35. The highest BCUT2D eigenvalue weighted by Crippen LogP contribution is 2.22. The molecule has 2 rings (SSSR count). The largest absolute Gasteiger partial charge is 0.494 e. The lowest BCUT2D eigenvalue weighted by atomic mass is 10.2. The molecule has 150 valence electrons. The number of benzene rings is 1. The zero-order valence-electron chi connectivity index (χ0n) is 16.6. The van der Waals surface area contributed by atoms with Gasteiger partial charge in [-0.15, -0.1) is 0 Å². The van der Waals surface area contributed by atoms with Crippen LogP contribution in [0.3, 0.4) is 0 Å². The second-order valence-electron chi connectivity index (χ2n) is 6.04. The molecule has 0 unspecified atom stereocenters. The quantitative estimate of drug-likeness (QED) is 0.313. The second-order valence-corrected chi connectivity index (χ2v) is 6.04. The van der Waals surface area contributed by atoms with Crippen molar-refractivity contribution in [2.24, 2.45) is 5.10 Å². The molecule has 0 spiro atoms. The molecule has 0 aliphatic heterocycles. The fourth-order valence-corrected chi connectivity index (χ4v) is 2.73. The van der Waals surface area contributed by atoms with Gasteiger partial charge in [0.2, 0.25) is 0 Å². The Kier molecular flexibility index (Phi) is 7.76. The molecule has 0 atom stereocenters. The summed E-state index contributed by atoms with van der Waals surface area (Å²) in [6.45, 7) is 7.11. The number of hydrazone groups is 1. The van der Waals surface area contributed by atoms with Gasteiger partial charge in [0.1, 0.15) is 5.75 Å². The Balaban J connectivity index is 2.05. The predicted molar refractivity (Wildman–Crippen MR) is 107 cm³/mol. The van der Waals surface area contributed by atoms with Crippen LogP contribution < -0.4 is 15.5 Å². The number of methoxy groups -OCH3 is 1. The summed E-state index contributed by atoms with van der Waals surface area (Å²) in [6.07, 6.45) is 1.52. The van der Waals surface area contributed by atoms with Crippen molar-refractivity contribution < 1.29 is 19.1 Å². The van der Waals surface area contributed by atoms with Crippen molar-refractivity contribution in [3.63, 3.8) is 0 Å². The summed E-state index contributed by atoms with van der Waals surface area (Å²) in [4.78, 5) is 23.3. The Morgan fingerprint density at radius 3 is 2.54 bits per heavy atom. The molecule has 0 bridgehead atoms. The van der Waals surface area contributed by atoms with Gasteiger partial charge in [-0.25, -0.2) is 5.43 Å². The molecule has 0 radical (unpaired) electrons.